The Kier molecular flexibility index (Phi) is 4.34. The molecule has 0 unspecified atom stereocenters. The highest BCUT2D eigenvalue weighted by Crippen LogP contribution is 2.18. The number of rotatable bonds is 3. The van der Waals surface area contributed by atoms with Gasteiger partial charge in [0.2, 0.25) is 0 Å². The summed E-state index contributed by atoms with van der Waals surface area (Å²) in [5, 5.41) is 0.774. The molecule has 0 spiro atoms. The second kappa shape index (κ2) is 5.31. The van der Waals surface area contributed by atoms with Crippen molar-refractivity contribution in [3.8, 4) is 0 Å². The zero-order valence-corrected chi connectivity index (χ0v) is 9.07. The van der Waals surface area contributed by atoms with Crippen molar-refractivity contribution < 1.29 is 0 Å². The summed E-state index contributed by atoms with van der Waals surface area (Å²) >= 11 is 11.5. The van der Waals surface area contributed by atoms with Gasteiger partial charge in [-0.3, -0.25) is 0 Å². The molecule has 0 fully saturated rings. The van der Waals surface area contributed by atoms with Crippen LogP contribution in [0.5, 0.6) is 0 Å². The summed E-state index contributed by atoms with van der Waals surface area (Å²) in [6, 6.07) is 7.84. The van der Waals surface area contributed by atoms with E-state index in [-0.39, 0.29) is 0 Å². The molecule has 0 radical (unpaired) electrons. The summed E-state index contributed by atoms with van der Waals surface area (Å²) in [5.74, 6) is 0.665. The van der Waals surface area contributed by atoms with Gasteiger partial charge in [-0.15, -0.1) is 11.6 Å². The van der Waals surface area contributed by atoms with Crippen molar-refractivity contribution in [3.63, 3.8) is 0 Å². The van der Waals surface area contributed by atoms with Gasteiger partial charge in [-0.1, -0.05) is 29.8 Å². The average molecular weight is 215 g/mol. The fourth-order valence-electron chi connectivity index (χ4n) is 1.12. The first-order chi connectivity index (χ1) is 6.24. The Morgan fingerprint density at radius 1 is 1.46 bits per heavy atom. The van der Waals surface area contributed by atoms with Crippen LogP contribution in [-0.2, 0) is 0 Å². The highest BCUT2D eigenvalue weighted by atomic mass is 35.5. The first kappa shape index (κ1) is 10.6. The van der Waals surface area contributed by atoms with Crippen molar-refractivity contribution in [2.45, 2.75) is 13.3 Å². The van der Waals surface area contributed by atoms with Crippen molar-refractivity contribution in [1.29, 1.82) is 0 Å². The van der Waals surface area contributed by atoms with Crippen LogP contribution in [-0.4, -0.2) is 5.88 Å². The van der Waals surface area contributed by atoms with Crippen LogP contribution in [0.25, 0.3) is 5.57 Å². The molecule has 0 aromatic heterocycles. The van der Waals surface area contributed by atoms with E-state index in [1.165, 1.54) is 5.57 Å². The maximum atomic E-state index is 5.87. The number of alkyl halides is 1. The summed E-state index contributed by atoms with van der Waals surface area (Å²) < 4.78 is 0. The van der Waals surface area contributed by atoms with E-state index in [0.717, 1.165) is 17.0 Å². The van der Waals surface area contributed by atoms with Crippen LogP contribution in [0.3, 0.4) is 0 Å². The summed E-state index contributed by atoms with van der Waals surface area (Å²) in [7, 11) is 0. The first-order valence-electron chi connectivity index (χ1n) is 4.22. The minimum absolute atomic E-state index is 0.665. The number of benzene rings is 1. The first-order valence-corrected chi connectivity index (χ1v) is 5.14. The van der Waals surface area contributed by atoms with Crippen LogP contribution >= 0.6 is 23.2 Å². The third-order valence-corrected chi connectivity index (χ3v) is 2.29. The monoisotopic (exact) mass is 214 g/mol. The van der Waals surface area contributed by atoms with Crippen LogP contribution in [0, 0.1) is 0 Å². The lowest BCUT2D eigenvalue weighted by Gasteiger charge is -2.01. The molecule has 0 aliphatic carbocycles. The zero-order valence-electron chi connectivity index (χ0n) is 7.56. The van der Waals surface area contributed by atoms with Gasteiger partial charge < -0.3 is 0 Å². The molecule has 0 heterocycles. The molecular formula is C11H12Cl2. The largest absolute Gasteiger partial charge is 0.126 e. The van der Waals surface area contributed by atoms with Crippen LogP contribution in [0.4, 0.5) is 0 Å². The molecule has 1 rings (SSSR count). The van der Waals surface area contributed by atoms with E-state index in [2.05, 4.69) is 13.0 Å². The van der Waals surface area contributed by atoms with Crippen LogP contribution in [0.2, 0.25) is 5.02 Å². The summed E-state index contributed by atoms with van der Waals surface area (Å²) in [6.45, 7) is 2.07. The van der Waals surface area contributed by atoms with Crippen molar-refractivity contribution in [1.82, 2.24) is 0 Å². The summed E-state index contributed by atoms with van der Waals surface area (Å²) in [5.41, 5.74) is 2.39. The molecule has 70 valence electrons. The van der Waals surface area contributed by atoms with Crippen molar-refractivity contribution in [2.75, 3.05) is 5.88 Å². The van der Waals surface area contributed by atoms with Crippen LogP contribution < -0.4 is 0 Å². The molecule has 13 heavy (non-hydrogen) atoms. The second-order valence-electron chi connectivity index (χ2n) is 2.88. The van der Waals surface area contributed by atoms with Crippen LogP contribution in [0.15, 0.2) is 30.3 Å². The van der Waals surface area contributed by atoms with Crippen LogP contribution in [0.1, 0.15) is 18.9 Å². The summed E-state index contributed by atoms with van der Waals surface area (Å²) in [4.78, 5) is 0. The maximum absolute atomic E-state index is 5.87. The highest BCUT2D eigenvalue weighted by Gasteiger charge is 1.95. The fourth-order valence-corrected chi connectivity index (χ4v) is 1.42. The van der Waals surface area contributed by atoms with Gasteiger partial charge in [-0.2, -0.15) is 0 Å². The summed E-state index contributed by atoms with van der Waals surface area (Å²) in [6.07, 6.45) is 3.03. The Balaban J connectivity index is 2.82. The predicted molar refractivity (Wildman–Crippen MR) is 60.4 cm³/mol. The van der Waals surface area contributed by atoms with E-state index in [4.69, 9.17) is 23.2 Å². The molecule has 0 atom stereocenters. The molecule has 2 heteroatoms. The van der Waals surface area contributed by atoms with E-state index in [1.807, 2.05) is 24.3 Å². The van der Waals surface area contributed by atoms with Gasteiger partial charge in [0.05, 0.1) is 0 Å². The van der Waals surface area contributed by atoms with Gasteiger partial charge in [-0.05, 0) is 36.6 Å². The number of allylic oxidation sites excluding steroid dienone is 2. The SMILES string of the molecule is CC(=CCCCl)c1cccc(Cl)c1. The molecule has 0 amide bonds. The van der Waals surface area contributed by atoms with E-state index in [1.54, 1.807) is 0 Å². The lowest BCUT2D eigenvalue weighted by Crippen LogP contribution is -1.79. The minimum Gasteiger partial charge on any atom is -0.126 e. The number of hydrogen-bond acceptors (Lipinski definition) is 0. The van der Waals surface area contributed by atoms with E-state index in [9.17, 15) is 0 Å². The lowest BCUT2D eigenvalue weighted by molar-refractivity contribution is 1.23. The Bertz CT molecular complexity index is 303. The van der Waals surface area contributed by atoms with Crippen molar-refractivity contribution in [3.05, 3.63) is 40.9 Å². The van der Waals surface area contributed by atoms with Gasteiger partial charge in [-0.25, -0.2) is 0 Å². The van der Waals surface area contributed by atoms with Crippen molar-refractivity contribution in [2.24, 2.45) is 0 Å². The van der Waals surface area contributed by atoms with Gasteiger partial charge in [0, 0.05) is 10.9 Å². The minimum atomic E-state index is 0.665. The molecule has 0 bridgehead atoms. The molecule has 1 aromatic rings. The lowest BCUT2D eigenvalue weighted by atomic mass is 10.1. The Labute approximate surface area is 89.2 Å². The van der Waals surface area contributed by atoms with Gasteiger partial charge in [0.15, 0.2) is 0 Å². The maximum Gasteiger partial charge on any atom is 0.0412 e. The fraction of sp³-hybridized carbons (Fsp3) is 0.273. The number of halogens is 2. The topological polar surface area (TPSA) is 0 Å². The molecule has 0 aliphatic heterocycles. The predicted octanol–water partition coefficient (Wildman–Crippen LogP) is 4.37. The molecule has 0 saturated carbocycles. The molecule has 0 N–H and O–H groups in total. The Morgan fingerprint density at radius 3 is 2.85 bits per heavy atom. The van der Waals surface area contributed by atoms with E-state index >= 15 is 0 Å². The van der Waals surface area contributed by atoms with Gasteiger partial charge >= 0.3 is 0 Å². The highest BCUT2D eigenvalue weighted by molar-refractivity contribution is 6.30. The molecule has 0 nitrogen and oxygen atoms in total. The van der Waals surface area contributed by atoms with Crippen molar-refractivity contribution >= 4 is 28.8 Å². The smallest absolute Gasteiger partial charge is 0.0412 e. The van der Waals surface area contributed by atoms with Gasteiger partial charge in [0.25, 0.3) is 0 Å². The molecule has 0 saturated heterocycles. The standard InChI is InChI=1S/C11H12Cl2/c1-9(4-3-7-12)10-5-2-6-11(13)8-10/h2,4-6,8H,3,7H2,1H3. The molecular weight excluding hydrogens is 203 g/mol. The van der Waals surface area contributed by atoms with Gasteiger partial charge in [0.1, 0.15) is 0 Å². The Morgan fingerprint density at radius 2 is 2.23 bits per heavy atom. The second-order valence-corrected chi connectivity index (χ2v) is 3.69. The number of hydrogen-bond donors (Lipinski definition) is 0. The normalized spacial score (nSPS) is 11.8. The quantitative estimate of drug-likeness (QED) is 0.656. The third-order valence-electron chi connectivity index (χ3n) is 1.84. The van der Waals surface area contributed by atoms with E-state index in [0.29, 0.717) is 5.88 Å². The third kappa shape index (κ3) is 3.41. The molecule has 1 aromatic carbocycles. The zero-order chi connectivity index (χ0) is 9.68. The average Bonchev–Trinajstić information content (AvgIpc) is 2.14. The Hall–Kier alpha value is -0.460. The molecule has 0 aliphatic rings. The van der Waals surface area contributed by atoms with E-state index < -0.39 is 0 Å².